The quantitative estimate of drug-likeness (QED) is 0.534. The summed E-state index contributed by atoms with van der Waals surface area (Å²) in [6, 6.07) is 10.6. The van der Waals surface area contributed by atoms with Gasteiger partial charge in [-0.25, -0.2) is 0 Å². The van der Waals surface area contributed by atoms with Crippen LogP contribution in [-0.4, -0.2) is 64.3 Å². The Balaban J connectivity index is 1.57. The number of benzene rings is 1. The number of nitrogens with one attached hydrogen (secondary N) is 2. The molecule has 3 aromatic rings. The second-order valence-electron chi connectivity index (χ2n) is 6.70. The molecule has 8 nitrogen and oxygen atoms in total. The van der Waals surface area contributed by atoms with Crippen molar-refractivity contribution in [1.29, 1.82) is 0 Å². The van der Waals surface area contributed by atoms with Gasteiger partial charge >= 0.3 is 0 Å². The maximum atomic E-state index is 12.2. The van der Waals surface area contributed by atoms with Crippen molar-refractivity contribution < 1.29 is 4.79 Å². The molecule has 0 aliphatic rings. The molecule has 0 saturated carbocycles. The molecule has 0 saturated heterocycles. The number of aromatic nitrogens is 4. The number of rotatable bonds is 9. The number of carbonyl (C=O) groups excluding carboxylic acids is 1. The van der Waals surface area contributed by atoms with E-state index in [1.165, 1.54) is 0 Å². The van der Waals surface area contributed by atoms with Crippen LogP contribution in [0.4, 0.5) is 5.82 Å². The Hall–Kier alpha value is -2.71. The molecule has 1 amide bonds. The summed E-state index contributed by atoms with van der Waals surface area (Å²) in [5.74, 6) is 1.29. The lowest BCUT2D eigenvalue weighted by Gasteiger charge is -2.10. The minimum Gasteiger partial charge on any atom is -0.369 e. The molecule has 0 bridgehead atoms. The first-order valence-corrected chi connectivity index (χ1v) is 9.54. The average Bonchev–Trinajstić information content (AvgIpc) is 3.07. The van der Waals surface area contributed by atoms with Crippen molar-refractivity contribution in [3.63, 3.8) is 0 Å². The minimum atomic E-state index is -0.174. The predicted molar refractivity (Wildman–Crippen MR) is 110 cm³/mol. The SMILES string of the molecule is CN(C)CCCNc1ccc2nnc(CCNC(=O)c3cccc(Cl)c3)n2n1. The zero-order valence-electron chi connectivity index (χ0n) is 16.0. The summed E-state index contributed by atoms with van der Waals surface area (Å²) < 4.78 is 1.71. The highest BCUT2D eigenvalue weighted by Crippen LogP contribution is 2.11. The number of carbonyl (C=O) groups is 1. The summed E-state index contributed by atoms with van der Waals surface area (Å²) in [4.78, 5) is 14.3. The highest BCUT2D eigenvalue weighted by molar-refractivity contribution is 6.30. The van der Waals surface area contributed by atoms with Crippen LogP contribution in [0.2, 0.25) is 5.02 Å². The van der Waals surface area contributed by atoms with E-state index in [0.717, 1.165) is 25.3 Å². The molecule has 0 fully saturated rings. The lowest BCUT2D eigenvalue weighted by atomic mass is 10.2. The molecule has 2 aromatic heterocycles. The van der Waals surface area contributed by atoms with Gasteiger partial charge < -0.3 is 15.5 Å². The van der Waals surface area contributed by atoms with Crippen LogP contribution in [0.5, 0.6) is 0 Å². The van der Waals surface area contributed by atoms with Crippen LogP contribution < -0.4 is 10.6 Å². The maximum absolute atomic E-state index is 12.2. The largest absolute Gasteiger partial charge is 0.369 e. The van der Waals surface area contributed by atoms with Crippen LogP contribution in [0.15, 0.2) is 36.4 Å². The number of halogens is 1. The monoisotopic (exact) mass is 401 g/mol. The van der Waals surface area contributed by atoms with Crippen molar-refractivity contribution in [3.8, 4) is 0 Å². The standard InChI is InChI=1S/C19H24ClN7O/c1-26(2)12-4-10-21-16-7-8-17-23-24-18(27(17)25-16)9-11-22-19(28)14-5-3-6-15(20)13-14/h3,5-8,13H,4,9-12H2,1-2H3,(H,21,25)(H,22,28). The van der Waals surface area contributed by atoms with E-state index in [4.69, 9.17) is 11.6 Å². The predicted octanol–water partition coefficient (Wildman–Crippen LogP) is 2.11. The van der Waals surface area contributed by atoms with Gasteiger partial charge in [0.25, 0.3) is 5.91 Å². The summed E-state index contributed by atoms with van der Waals surface area (Å²) in [7, 11) is 4.11. The lowest BCUT2D eigenvalue weighted by Crippen LogP contribution is -2.26. The third-order valence-corrected chi connectivity index (χ3v) is 4.37. The molecule has 0 atom stereocenters. The molecule has 0 aliphatic carbocycles. The molecule has 0 radical (unpaired) electrons. The van der Waals surface area contributed by atoms with E-state index in [0.29, 0.717) is 35.0 Å². The molecule has 2 heterocycles. The second-order valence-corrected chi connectivity index (χ2v) is 7.14. The van der Waals surface area contributed by atoms with E-state index >= 15 is 0 Å². The number of amides is 1. The fourth-order valence-corrected chi connectivity index (χ4v) is 2.91. The molecule has 28 heavy (non-hydrogen) atoms. The van der Waals surface area contributed by atoms with E-state index in [9.17, 15) is 4.79 Å². The van der Waals surface area contributed by atoms with E-state index in [1.807, 2.05) is 12.1 Å². The first-order valence-electron chi connectivity index (χ1n) is 9.16. The number of fused-ring (bicyclic) bond motifs is 1. The van der Waals surface area contributed by atoms with Crippen LogP contribution in [0, 0.1) is 0 Å². The van der Waals surface area contributed by atoms with Gasteiger partial charge in [-0.3, -0.25) is 4.79 Å². The second kappa shape index (κ2) is 9.48. The summed E-state index contributed by atoms with van der Waals surface area (Å²) in [5, 5.41) is 19.6. The van der Waals surface area contributed by atoms with Gasteiger partial charge in [0.2, 0.25) is 0 Å². The van der Waals surface area contributed by atoms with Gasteiger partial charge in [-0.2, -0.15) is 4.52 Å². The molecule has 1 aromatic carbocycles. The van der Waals surface area contributed by atoms with Crippen LogP contribution in [0.3, 0.4) is 0 Å². The van der Waals surface area contributed by atoms with Crippen molar-refractivity contribution in [2.24, 2.45) is 0 Å². The maximum Gasteiger partial charge on any atom is 0.251 e. The van der Waals surface area contributed by atoms with Crippen LogP contribution >= 0.6 is 11.6 Å². The van der Waals surface area contributed by atoms with Crippen molar-refractivity contribution in [2.75, 3.05) is 39.0 Å². The highest BCUT2D eigenvalue weighted by atomic mass is 35.5. The molecule has 0 unspecified atom stereocenters. The van der Waals surface area contributed by atoms with Gasteiger partial charge in [-0.05, 0) is 57.4 Å². The number of hydrogen-bond donors (Lipinski definition) is 2. The van der Waals surface area contributed by atoms with E-state index in [-0.39, 0.29) is 5.91 Å². The first kappa shape index (κ1) is 20.0. The smallest absolute Gasteiger partial charge is 0.251 e. The van der Waals surface area contributed by atoms with Gasteiger partial charge in [0, 0.05) is 30.1 Å². The Morgan fingerprint density at radius 3 is 2.82 bits per heavy atom. The molecule has 0 spiro atoms. The van der Waals surface area contributed by atoms with E-state index in [2.05, 4.69) is 44.9 Å². The Morgan fingerprint density at radius 1 is 1.18 bits per heavy atom. The van der Waals surface area contributed by atoms with Crippen molar-refractivity contribution in [2.45, 2.75) is 12.8 Å². The van der Waals surface area contributed by atoms with Gasteiger partial charge in [0.1, 0.15) is 5.82 Å². The third-order valence-electron chi connectivity index (χ3n) is 4.14. The Kier molecular flexibility index (Phi) is 6.78. The molecular weight excluding hydrogens is 378 g/mol. The molecule has 3 rings (SSSR count). The Labute approximate surface area is 168 Å². The third kappa shape index (κ3) is 5.40. The van der Waals surface area contributed by atoms with E-state index < -0.39 is 0 Å². The number of anilines is 1. The summed E-state index contributed by atoms with van der Waals surface area (Å²) in [5.41, 5.74) is 1.20. The Morgan fingerprint density at radius 2 is 2.04 bits per heavy atom. The van der Waals surface area contributed by atoms with Gasteiger partial charge in [0.15, 0.2) is 11.5 Å². The van der Waals surface area contributed by atoms with E-state index in [1.54, 1.807) is 28.8 Å². The molecule has 9 heteroatoms. The fraction of sp³-hybridized carbons (Fsp3) is 0.368. The number of hydrogen-bond acceptors (Lipinski definition) is 6. The molecule has 148 valence electrons. The lowest BCUT2D eigenvalue weighted by molar-refractivity contribution is 0.0954. The Bertz CT molecular complexity index is 941. The zero-order valence-corrected chi connectivity index (χ0v) is 16.8. The topological polar surface area (TPSA) is 87.5 Å². The first-order chi connectivity index (χ1) is 13.5. The van der Waals surface area contributed by atoms with Gasteiger partial charge in [0.05, 0.1) is 0 Å². The number of nitrogens with zero attached hydrogens (tertiary/aromatic N) is 5. The summed E-state index contributed by atoms with van der Waals surface area (Å²) in [6.45, 7) is 2.28. The highest BCUT2D eigenvalue weighted by Gasteiger charge is 2.10. The van der Waals surface area contributed by atoms with Crippen molar-refractivity contribution in [1.82, 2.24) is 30.0 Å². The molecular formula is C19H24ClN7O. The summed E-state index contributed by atoms with van der Waals surface area (Å²) in [6.07, 6.45) is 1.54. The van der Waals surface area contributed by atoms with Crippen LogP contribution in [0.1, 0.15) is 22.6 Å². The van der Waals surface area contributed by atoms with Crippen molar-refractivity contribution >= 4 is 29.0 Å². The molecule has 0 aliphatic heterocycles. The van der Waals surface area contributed by atoms with Gasteiger partial charge in [-0.1, -0.05) is 17.7 Å². The summed E-state index contributed by atoms with van der Waals surface area (Å²) >= 11 is 5.93. The van der Waals surface area contributed by atoms with Crippen LogP contribution in [0.25, 0.3) is 5.65 Å². The molecule has 2 N–H and O–H groups in total. The normalized spacial score (nSPS) is 11.1. The zero-order chi connectivity index (χ0) is 19.9. The van der Waals surface area contributed by atoms with Gasteiger partial charge in [-0.15, -0.1) is 15.3 Å². The minimum absolute atomic E-state index is 0.174. The van der Waals surface area contributed by atoms with Crippen LogP contribution in [-0.2, 0) is 6.42 Å². The van der Waals surface area contributed by atoms with Crippen molar-refractivity contribution in [3.05, 3.63) is 52.8 Å². The fourth-order valence-electron chi connectivity index (χ4n) is 2.71. The average molecular weight is 402 g/mol.